The number of amidine groups is 2. The summed E-state index contributed by atoms with van der Waals surface area (Å²) < 4.78 is 6.59. The summed E-state index contributed by atoms with van der Waals surface area (Å²) >= 11 is 0. The van der Waals surface area contributed by atoms with Crippen molar-refractivity contribution < 1.29 is 4.42 Å². The Morgan fingerprint density at radius 3 is 2.14 bits per heavy atom. The molecule has 0 saturated heterocycles. The van der Waals surface area contributed by atoms with E-state index in [-0.39, 0.29) is 18.1 Å². The van der Waals surface area contributed by atoms with Crippen LogP contribution in [0.1, 0.15) is 45.7 Å². The maximum absolute atomic E-state index is 6.59. The molecule has 5 aromatic carbocycles. The molecule has 0 fully saturated rings. The van der Waals surface area contributed by atoms with Crippen molar-refractivity contribution >= 4 is 40.1 Å². The second-order valence-electron chi connectivity index (χ2n) is 11.4. The summed E-state index contributed by atoms with van der Waals surface area (Å²) in [5, 5.41) is 4.66. The van der Waals surface area contributed by atoms with Gasteiger partial charge in [0.05, 0.1) is 6.04 Å². The third-order valence-corrected chi connectivity index (χ3v) is 8.88. The van der Waals surface area contributed by atoms with Crippen LogP contribution in [0.4, 0.5) is 11.4 Å². The minimum atomic E-state index is -0.342. The fourth-order valence-corrected chi connectivity index (χ4v) is 6.91. The average molecular weight is 569 g/mol. The smallest absolute Gasteiger partial charge is 0.169 e. The molecule has 0 spiro atoms. The van der Waals surface area contributed by atoms with Gasteiger partial charge in [-0.1, -0.05) is 115 Å². The molecule has 5 nitrogen and oxygen atoms in total. The van der Waals surface area contributed by atoms with E-state index in [1.807, 2.05) is 36.4 Å². The van der Waals surface area contributed by atoms with Crippen LogP contribution < -0.4 is 10.2 Å². The van der Waals surface area contributed by atoms with E-state index in [4.69, 9.17) is 14.4 Å². The summed E-state index contributed by atoms with van der Waals surface area (Å²) in [5.41, 5.74) is 8.91. The predicted octanol–water partition coefficient (Wildman–Crippen LogP) is 8.61. The number of hydrogen-bond donors (Lipinski definition) is 1. The van der Waals surface area contributed by atoms with Gasteiger partial charge in [0, 0.05) is 39.4 Å². The maximum atomic E-state index is 6.59. The lowest BCUT2D eigenvalue weighted by Gasteiger charge is -2.30. The Balaban J connectivity index is 1.14. The van der Waals surface area contributed by atoms with Gasteiger partial charge in [0.2, 0.25) is 0 Å². The van der Waals surface area contributed by atoms with Gasteiger partial charge in [-0.15, -0.1) is 0 Å². The Labute approximate surface area is 255 Å². The van der Waals surface area contributed by atoms with Gasteiger partial charge in [-0.3, -0.25) is 0 Å². The van der Waals surface area contributed by atoms with Gasteiger partial charge in [0.15, 0.2) is 6.17 Å². The van der Waals surface area contributed by atoms with Crippen molar-refractivity contribution in [3.05, 3.63) is 173 Å². The standard InChI is InChI=1S/C39H28N4O/c1-4-12-25(13-5-1)37-40-38(26-14-6-2-7-15-26)42-39(41-37)27-20-21-30-34(24-27)44-33-23-22-32-35(36(30)33)29-18-10-11-19-31(29)43(32)28-16-8-3-9-17-28/h1-24,32,35,37H,(H,40,41,42). The molecular weight excluding hydrogens is 540 g/mol. The Morgan fingerprint density at radius 1 is 0.659 bits per heavy atom. The number of rotatable bonds is 4. The normalized spacial score (nSPS) is 19.9. The predicted molar refractivity (Wildman–Crippen MR) is 178 cm³/mol. The van der Waals surface area contributed by atoms with Gasteiger partial charge in [0.1, 0.15) is 23.0 Å². The molecule has 0 radical (unpaired) electrons. The third kappa shape index (κ3) is 3.93. The van der Waals surface area contributed by atoms with E-state index in [0.717, 1.165) is 45.1 Å². The Morgan fingerprint density at radius 2 is 1.34 bits per heavy atom. The highest BCUT2D eigenvalue weighted by Crippen LogP contribution is 2.53. The van der Waals surface area contributed by atoms with Crippen molar-refractivity contribution in [2.45, 2.75) is 18.1 Å². The Bertz CT molecular complexity index is 2110. The number of anilines is 2. The van der Waals surface area contributed by atoms with Crippen LogP contribution in [0, 0.1) is 0 Å². The summed E-state index contributed by atoms with van der Waals surface area (Å²) in [4.78, 5) is 12.5. The number of fused-ring (bicyclic) bond motifs is 7. The number of benzene rings is 5. The summed E-state index contributed by atoms with van der Waals surface area (Å²) in [7, 11) is 0. The van der Waals surface area contributed by atoms with E-state index in [2.05, 4.69) is 119 Å². The second kappa shape index (κ2) is 9.96. The van der Waals surface area contributed by atoms with Crippen molar-refractivity contribution in [3.8, 4) is 0 Å². The molecule has 0 amide bonds. The van der Waals surface area contributed by atoms with Crippen molar-refractivity contribution in [2.75, 3.05) is 4.90 Å². The molecular formula is C39H28N4O. The lowest BCUT2D eigenvalue weighted by atomic mass is 9.82. The third-order valence-electron chi connectivity index (χ3n) is 8.88. The molecule has 6 aromatic rings. The largest absolute Gasteiger partial charge is 0.456 e. The molecule has 3 aliphatic rings. The summed E-state index contributed by atoms with van der Waals surface area (Å²) in [6.07, 6.45) is 4.11. The first-order valence-corrected chi connectivity index (χ1v) is 15.0. The first-order valence-electron chi connectivity index (χ1n) is 15.0. The van der Waals surface area contributed by atoms with Crippen LogP contribution in [0.25, 0.3) is 17.0 Å². The second-order valence-corrected chi connectivity index (χ2v) is 11.4. The highest BCUT2D eigenvalue weighted by molar-refractivity contribution is 6.16. The number of para-hydroxylation sites is 2. The van der Waals surface area contributed by atoms with Crippen LogP contribution in [0.3, 0.4) is 0 Å². The topological polar surface area (TPSA) is 53.1 Å². The molecule has 44 heavy (non-hydrogen) atoms. The lowest BCUT2D eigenvalue weighted by Crippen LogP contribution is -2.36. The molecule has 1 N–H and O–H groups in total. The molecule has 0 bridgehead atoms. The Hall–Kier alpha value is -5.68. The highest BCUT2D eigenvalue weighted by Gasteiger charge is 2.43. The van der Waals surface area contributed by atoms with Crippen molar-refractivity contribution in [1.29, 1.82) is 0 Å². The van der Waals surface area contributed by atoms with Gasteiger partial charge < -0.3 is 14.6 Å². The molecule has 3 unspecified atom stereocenters. The van der Waals surface area contributed by atoms with Crippen molar-refractivity contribution in [1.82, 2.24) is 5.32 Å². The van der Waals surface area contributed by atoms with Crippen LogP contribution in [0.5, 0.6) is 0 Å². The van der Waals surface area contributed by atoms with E-state index in [9.17, 15) is 0 Å². The summed E-state index contributed by atoms with van der Waals surface area (Å²) in [6, 6.07) is 46.5. The van der Waals surface area contributed by atoms with Crippen LogP contribution in [-0.4, -0.2) is 17.7 Å². The fourth-order valence-electron chi connectivity index (χ4n) is 6.91. The molecule has 3 heterocycles. The van der Waals surface area contributed by atoms with E-state index in [0.29, 0.717) is 0 Å². The molecule has 210 valence electrons. The SMILES string of the molecule is C1=CC2C(c3ccccc3N2c2ccccc2)c2c1oc1cc(C3=NC(c4ccccc4)N=C(c4ccccc4)N3)ccc21. The molecule has 1 aliphatic carbocycles. The highest BCUT2D eigenvalue weighted by atomic mass is 16.3. The minimum Gasteiger partial charge on any atom is -0.456 e. The zero-order chi connectivity index (χ0) is 29.0. The van der Waals surface area contributed by atoms with Gasteiger partial charge in [0.25, 0.3) is 0 Å². The molecule has 3 atom stereocenters. The molecule has 9 rings (SSSR count). The maximum Gasteiger partial charge on any atom is 0.169 e. The first kappa shape index (κ1) is 24.9. The fraction of sp³-hybridized carbons (Fsp3) is 0.0769. The average Bonchev–Trinajstić information content (AvgIpc) is 3.64. The van der Waals surface area contributed by atoms with Crippen LogP contribution in [0.15, 0.2) is 154 Å². The molecule has 0 saturated carbocycles. The summed E-state index contributed by atoms with van der Waals surface area (Å²) in [6.45, 7) is 0. The quantitative estimate of drug-likeness (QED) is 0.232. The van der Waals surface area contributed by atoms with E-state index in [1.54, 1.807) is 0 Å². The number of aliphatic imine (C=N–C) groups is 2. The number of hydrogen-bond acceptors (Lipinski definition) is 5. The van der Waals surface area contributed by atoms with Crippen molar-refractivity contribution in [3.63, 3.8) is 0 Å². The Kier molecular flexibility index (Phi) is 5.63. The molecule has 1 aromatic heterocycles. The van der Waals surface area contributed by atoms with E-state index in [1.165, 1.54) is 22.5 Å². The zero-order valence-electron chi connectivity index (χ0n) is 23.8. The minimum absolute atomic E-state index is 0.169. The number of furan rings is 1. The van der Waals surface area contributed by atoms with Crippen LogP contribution in [0.2, 0.25) is 0 Å². The molecule has 2 aliphatic heterocycles. The van der Waals surface area contributed by atoms with E-state index < -0.39 is 0 Å². The lowest BCUT2D eigenvalue weighted by molar-refractivity contribution is 0.584. The van der Waals surface area contributed by atoms with Gasteiger partial charge in [-0.25, -0.2) is 9.98 Å². The van der Waals surface area contributed by atoms with E-state index >= 15 is 0 Å². The first-order chi connectivity index (χ1) is 21.8. The zero-order valence-corrected chi connectivity index (χ0v) is 23.8. The monoisotopic (exact) mass is 568 g/mol. The summed E-state index contributed by atoms with van der Waals surface area (Å²) in [5.74, 6) is 2.68. The number of nitrogens with one attached hydrogen (secondary N) is 1. The molecule has 5 heteroatoms. The van der Waals surface area contributed by atoms with Crippen molar-refractivity contribution in [2.24, 2.45) is 9.98 Å². The van der Waals surface area contributed by atoms with Gasteiger partial charge in [-0.2, -0.15) is 0 Å². The van der Waals surface area contributed by atoms with Gasteiger partial charge in [-0.05, 0) is 41.5 Å². The van der Waals surface area contributed by atoms with Crippen LogP contribution >= 0.6 is 0 Å². The van der Waals surface area contributed by atoms with Gasteiger partial charge >= 0.3 is 0 Å². The van der Waals surface area contributed by atoms with Crippen LogP contribution in [-0.2, 0) is 0 Å². The number of nitrogens with zero attached hydrogens (tertiary/aromatic N) is 3.